The Kier molecular flexibility index (Phi) is 8.65. The molecular formula is C27H39F5. The van der Waals surface area contributed by atoms with E-state index in [1.54, 1.807) is 0 Å². The molecule has 0 aliphatic heterocycles. The smallest absolute Gasteiger partial charge is 0.206 e. The average molecular weight is 459 g/mol. The molecule has 0 radical (unpaired) electrons. The van der Waals surface area contributed by atoms with Crippen LogP contribution in [0.25, 0.3) is 0 Å². The molecule has 2 fully saturated rings. The van der Waals surface area contributed by atoms with Crippen molar-refractivity contribution in [2.75, 3.05) is 0 Å². The van der Waals surface area contributed by atoms with E-state index in [-0.39, 0.29) is 0 Å². The molecule has 0 amide bonds. The molecule has 2 aliphatic carbocycles. The molecule has 0 bridgehead atoms. The number of halogens is 5. The van der Waals surface area contributed by atoms with Crippen LogP contribution >= 0.6 is 0 Å². The van der Waals surface area contributed by atoms with Gasteiger partial charge in [0, 0.05) is 0 Å². The quantitative estimate of drug-likeness (QED) is 0.255. The summed E-state index contributed by atoms with van der Waals surface area (Å²) >= 11 is 0. The predicted molar refractivity (Wildman–Crippen MR) is 120 cm³/mol. The van der Waals surface area contributed by atoms with Gasteiger partial charge in [-0.3, -0.25) is 0 Å². The summed E-state index contributed by atoms with van der Waals surface area (Å²) in [5, 5.41) is 0. The second-order valence-corrected chi connectivity index (χ2v) is 10.5. The summed E-state index contributed by atoms with van der Waals surface area (Å²) < 4.78 is 67.9. The highest BCUT2D eigenvalue weighted by Gasteiger charge is 2.41. The van der Waals surface area contributed by atoms with Crippen LogP contribution in [0, 0.1) is 17.0 Å². The fraction of sp³-hybridized carbons (Fsp3) is 0.778. The van der Waals surface area contributed by atoms with E-state index in [0.717, 1.165) is 63.5 Å². The molecule has 0 aromatic heterocycles. The number of hydrogen-bond acceptors (Lipinski definition) is 0. The van der Waals surface area contributed by atoms with Crippen molar-refractivity contribution in [3.05, 3.63) is 34.9 Å². The highest BCUT2D eigenvalue weighted by Crippen LogP contribution is 2.48. The Morgan fingerprint density at radius 2 is 1.22 bits per heavy atom. The van der Waals surface area contributed by atoms with Gasteiger partial charge in [-0.1, -0.05) is 71.1 Å². The van der Waals surface area contributed by atoms with Crippen LogP contribution in [0.5, 0.6) is 0 Å². The van der Waals surface area contributed by atoms with Crippen molar-refractivity contribution in [2.45, 2.75) is 128 Å². The summed E-state index contributed by atoms with van der Waals surface area (Å²) in [7, 11) is 0. The second-order valence-electron chi connectivity index (χ2n) is 10.5. The molecule has 0 heterocycles. The number of alkyl halides is 3. The van der Waals surface area contributed by atoms with Crippen LogP contribution in [0.1, 0.15) is 127 Å². The van der Waals surface area contributed by atoms with Gasteiger partial charge in [0.1, 0.15) is 17.2 Å². The van der Waals surface area contributed by atoms with Crippen molar-refractivity contribution in [3.63, 3.8) is 0 Å². The molecular weight excluding hydrogens is 419 g/mol. The van der Waals surface area contributed by atoms with Gasteiger partial charge < -0.3 is 0 Å². The van der Waals surface area contributed by atoms with Crippen molar-refractivity contribution >= 4 is 0 Å². The minimum atomic E-state index is -5.01. The van der Waals surface area contributed by atoms with Gasteiger partial charge >= 0.3 is 6.18 Å². The van der Waals surface area contributed by atoms with Gasteiger partial charge in [0.2, 0.25) is 0 Å². The van der Waals surface area contributed by atoms with Crippen molar-refractivity contribution in [1.29, 1.82) is 0 Å². The standard InChI is InChI=1S/C27H39F5/c1-2-3-12-25(13-6-4-7-14-25)15-10-11-18-26(16-8-5-9-17-26)21-19-22(28)24(23(29)20-21)27(30,31)32/h19-20H,2-18H2,1H3. The summed E-state index contributed by atoms with van der Waals surface area (Å²) in [6, 6.07) is 1.95. The third kappa shape index (κ3) is 6.05. The van der Waals surface area contributed by atoms with Gasteiger partial charge in [-0.05, 0) is 73.5 Å². The third-order valence-corrected chi connectivity index (χ3v) is 8.34. The zero-order chi connectivity index (χ0) is 23.2. The Morgan fingerprint density at radius 1 is 0.719 bits per heavy atom. The van der Waals surface area contributed by atoms with Crippen LogP contribution in [0.15, 0.2) is 12.1 Å². The molecule has 182 valence electrons. The number of unbranched alkanes of at least 4 members (excludes halogenated alkanes) is 2. The van der Waals surface area contributed by atoms with E-state index in [9.17, 15) is 22.0 Å². The van der Waals surface area contributed by atoms with Crippen LogP contribution in [-0.4, -0.2) is 0 Å². The summed E-state index contributed by atoms with van der Waals surface area (Å²) in [6.45, 7) is 2.24. The summed E-state index contributed by atoms with van der Waals surface area (Å²) in [6.07, 6.45) is 14.1. The van der Waals surface area contributed by atoms with Gasteiger partial charge in [0.05, 0.1) is 0 Å². The zero-order valence-electron chi connectivity index (χ0n) is 19.6. The Morgan fingerprint density at radius 3 is 1.75 bits per heavy atom. The molecule has 0 atom stereocenters. The Balaban J connectivity index is 1.71. The number of hydrogen-bond donors (Lipinski definition) is 0. The van der Waals surface area contributed by atoms with Crippen molar-refractivity contribution in [1.82, 2.24) is 0 Å². The molecule has 0 N–H and O–H groups in total. The average Bonchev–Trinajstić information content (AvgIpc) is 2.75. The molecule has 1 aromatic rings. The Hall–Kier alpha value is -1.13. The largest absolute Gasteiger partial charge is 0.422 e. The van der Waals surface area contributed by atoms with Crippen LogP contribution in [0.2, 0.25) is 0 Å². The molecule has 0 saturated heterocycles. The highest BCUT2D eigenvalue weighted by atomic mass is 19.4. The van der Waals surface area contributed by atoms with E-state index in [1.807, 2.05) is 0 Å². The van der Waals surface area contributed by atoms with Crippen molar-refractivity contribution in [3.8, 4) is 0 Å². The minimum absolute atomic E-state index is 0.396. The van der Waals surface area contributed by atoms with Crippen LogP contribution < -0.4 is 0 Å². The lowest BCUT2D eigenvalue weighted by Gasteiger charge is -2.40. The van der Waals surface area contributed by atoms with Gasteiger partial charge in [-0.15, -0.1) is 0 Å². The normalized spacial score (nSPS) is 20.9. The molecule has 0 unspecified atom stereocenters. The topological polar surface area (TPSA) is 0 Å². The van der Waals surface area contributed by atoms with E-state index in [0.29, 0.717) is 11.0 Å². The maximum Gasteiger partial charge on any atom is 0.422 e. The molecule has 0 spiro atoms. The molecule has 0 nitrogen and oxygen atoms in total. The lowest BCUT2D eigenvalue weighted by molar-refractivity contribution is -0.142. The monoisotopic (exact) mass is 458 g/mol. The first-order valence-corrected chi connectivity index (χ1v) is 12.8. The lowest BCUT2D eigenvalue weighted by atomic mass is 9.65. The molecule has 5 heteroatoms. The maximum atomic E-state index is 14.4. The summed E-state index contributed by atoms with van der Waals surface area (Å²) in [5.41, 5.74) is -1.27. The Labute approximate surface area is 190 Å². The fourth-order valence-corrected chi connectivity index (χ4v) is 6.50. The fourth-order valence-electron chi connectivity index (χ4n) is 6.50. The molecule has 2 aliphatic rings. The van der Waals surface area contributed by atoms with E-state index >= 15 is 0 Å². The Bertz CT molecular complexity index is 701. The van der Waals surface area contributed by atoms with Crippen LogP contribution in [0.3, 0.4) is 0 Å². The van der Waals surface area contributed by atoms with E-state index in [2.05, 4.69) is 6.92 Å². The van der Waals surface area contributed by atoms with Crippen LogP contribution in [0.4, 0.5) is 22.0 Å². The second kappa shape index (κ2) is 10.9. The lowest BCUT2D eigenvalue weighted by Crippen LogP contribution is -2.30. The van der Waals surface area contributed by atoms with E-state index in [1.165, 1.54) is 57.8 Å². The first kappa shape index (κ1) is 25.5. The van der Waals surface area contributed by atoms with E-state index in [4.69, 9.17) is 0 Å². The summed E-state index contributed by atoms with van der Waals surface area (Å²) in [5.74, 6) is -2.95. The zero-order valence-corrected chi connectivity index (χ0v) is 19.6. The first-order chi connectivity index (χ1) is 15.2. The SMILES string of the molecule is CCCCC1(CCCCC2(c3cc(F)c(C(F)(F)F)c(F)c3)CCCCC2)CCCCC1. The summed E-state index contributed by atoms with van der Waals surface area (Å²) in [4.78, 5) is 0. The van der Waals surface area contributed by atoms with Gasteiger partial charge in [0.25, 0.3) is 0 Å². The highest BCUT2D eigenvalue weighted by molar-refractivity contribution is 5.34. The van der Waals surface area contributed by atoms with Crippen molar-refractivity contribution in [2.24, 2.45) is 5.41 Å². The van der Waals surface area contributed by atoms with Gasteiger partial charge in [-0.25, -0.2) is 8.78 Å². The van der Waals surface area contributed by atoms with Crippen LogP contribution in [-0.2, 0) is 11.6 Å². The van der Waals surface area contributed by atoms with Crippen molar-refractivity contribution < 1.29 is 22.0 Å². The number of rotatable bonds is 9. The number of benzene rings is 1. The predicted octanol–water partition coefficient (Wildman–Crippen LogP) is 9.89. The minimum Gasteiger partial charge on any atom is -0.206 e. The van der Waals surface area contributed by atoms with Gasteiger partial charge in [-0.2, -0.15) is 13.2 Å². The first-order valence-electron chi connectivity index (χ1n) is 12.8. The van der Waals surface area contributed by atoms with Gasteiger partial charge in [0.15, 0.2) is 0 Å². The molecule has 3 rings (SSSR count). The molecule has 2 saturated carbocycles. The maximum absolute atomic E-state index is 14.4. The molecule has 1 aromatic carbocycles. The van der Waals surface area contributed by atoms with E-state index < -0.39 is 28.8 Å². The third-order valence-electron chi connectivity index (χ3n) is 8.34. The molecule has 32 heavy (non-hydrogen) atoms.